The summed E-state index contributed by atoms with van der Waals surface area (Å²) < 4.78 is 0. The number of aliphatic carboxylic acids is 1. The monoisotopic (exact) mass is 310 g/mol. The molecule has 0 aliphatic heterocycles. The van der Waals surface area contributed by atoms with Crippen LogP contribution < -0.4 is 11.1 Å². The second kappa shape index (κ2) is 6.13. The Morgan fingerprint density at radius 3 is 2.48 bits per heavy atom. The summed E-state index contributed by atoms with van der Waals surface area (Å²) in [5, 5.41) is 11.9. The fraction of sp³-hybridized carbons (Fsp3) is 0.357. The van der Waals surface area contributed by atoms with E-state index in [0.29, 0.717) is 18.5 Å². The minimum absolute atomic E-state index is 0.140. The number of primary amides is 1. The van der Waals surface area contributed by atoms with Gasteiger partial charge in [0.15, 0.2) is 0 Å². The lowest BCUT2D eigenvalue weighted by atomic mass is 9.95. The van der Waals surface area contributed by atoms with Crippen LogP contribution in [0.15, 0.2) is 18.2 Å². The van der Waals surface area contributed by atoms with Crippen LogP contribution in [0.4, 0.5) is 5.69 Å². The number of amides is 2. The number of carboxylic acids is 1. The van der Waals surface area contributed by atoms with Crippen LogP contribution in [0.3, 0.4) is 0 Å². The van der Waals surface area contributed by atoms with Gasteiger partial charge in [-0.2, -0.15) is 0 Å². The molecule has 1 aliphatic carbocycles. The Morgan fingerprint density at radius 2 is 1.90 bits per heavy atom. The SMILES string of the molecule is NC(=O)c1ccc(NC(=O)[C@@H]2CCC[C@@H]2C(=O)O)cc1Cl. The largest absolute Gasteiger partial charge is 0.481 e. The Balaban J connectivity index is 2.11. The molecule has 1 fully saturated rings. The Bertz CT molecular complexity index is 603. The van der Waals surface area contributed by atoms with Crippen molar-refractivity contribution in [3.05, 3.63) is 28.8 Å². The summed E-state index contributed by atoms with van der Waals surface area (Å²) >= 11 is 5.90. The molecule has 0 radical (unpaired) electrons. The van der Waals surface area contributed by atoms with E-state index >= 15 is 0 Å². The third kappa shape index (κ3) is 3.33. The zero-order valence-electron chi connectivity index (χ0n) is 11.1. The van der Waals surface area contributed by atoms with Gasteiger partial charge in [0, 0.05) is 5.69 Å². The molecule has 1 aromatic carbocycles. The molecule has 0 bridgehead atoms. The van der Waals surface area contributed by atoms with Gasteiger partial charge in [-0.1, -0.05) is 18.0 Å². The molecule has 0 saturated heterocycles. The molecule has 1 aromatic rings. The van der Waals surface area contributed by atoms with Crippen molar-refractivity contribution in [3.63, 3.8) is 0 Å². The summed E-state index contributed by atoms with van der Waals surface area (Å²) in [5.41, 5.74) is 5.72. The van der Waals surface area contributed by atoms with Gasteiger partial charge in [0.05, 0.1) is 22.4 Å². The average Bonchev–Trinajstić information content (AvgIpc) is 2.87. The minimum Gasteiger partial charge on any atom is -0.481 e. The van der Waals surface area contributed by atoms with E-state index in [0.717, 1.165) is 6.42 Å². The van der Waals surface area contributed by atoms with E-state index in [1.165, 1.54) is 18.2 Å². The molecule has 1 aliphatic rings. The minimum atomic E-state index is -0.949. The topological polar surface area (TPSA) is 109 Å². The molecule has 2 atom stereocenters. The molecule has 2 amide bonds. The molecule has 2 rings (SSSR count). The molecule has 112 valence electrons. The van der Waals surface area contributed by atoms with Crippen molar-refractivity contribution in [2.75, 3.05) is 5.32 Å². The summed E-state index contributed by atoms with van der Waals surface area (Å²) in [4.78, 5) is 34.3. The number of nitrogens with two attached hydrogens (primary N) is 1. The second-order valence-corrected chi connectivity index (χ2v) is 5.44. The lowest BCUT2D eigenvalue weighted by Crippen LogP contribution is -2.30. The van der Waals surface area contributed by atoms with E-state index in [4.69, 9.17) is 22.4 Å². The smallest absolute Gasteiger partial charge is 0.307 e. The van der Waals surface area contributed by atoms with Crippen molar-refractivity contribution < 1.29 is 19.5 Å². The highest BCUT2D eigenvalue weighted by Gasteiger charge is 2.37. The van der Waals surface area contributed by atoms with E-state index < -0.39 is 23.7 Å². The third-order valence-electron chi connectivity index (χ3n) is 3.67. The van der Waals surface area contributed by atoms with Crippen LogP contribution >= 0.6 is 11.6 Å². The zero-order chi connectivity index (χ0) is 15.6. The van der Waals surface area contributed by atoms with Crippen LogP contribution in [0.25, 0.3) is 0 Å². The van der Waals surface area contributed by atoms with Crippen LogP contribution in [-0.2, 0) is 9.59 Å². The molecule has 7 heteroatoms. The molecule has 0 unspecified atom stereocenters. The molecule has 0 heterocycles. The van der Waals surface area contributed by atoms with Gasteiger partial charge in [-0.3, -0.25) is 14.4 Å². The van der Waals surface area contributed by atoms with Crippen molar-refractivity contribution in [1.82, 2.24) is 0 Å². The maximum absolute atomic E-state index is 12.2. The van der Waals surface area contributed by atoms with Gasteiger partial charge in [0.25, 0.3) is 0 Å². The number of carboxylic acid groups (broad SMARTS) is 1. The number of hydrogen-bond donors (Lipinski definition) is 3. The van der Waals surface area contributed by atoms with E-state index in [9.17, 15) is 14.4 Å². The average molecular weight is 311 g/mol. The van der Waals surface area contributed by atoms with Gasteiger partial charge in [-0.25, -0.2) is 0 Å². The quantitative estimate of drug-likeness (QED) is 0.788. The number of carbonyl (C=O) groups is 3. The summed E-state index contributed by atoms with van der Waals surface area (Å²) in [5.74, 6) is -3.14. The molecule has 6 nitrogen and oxygen atoms in total. The summed E-state index contributed by atoms with van der Waals surface area (Å²) in [6.07, 6.45) is 1.78. The second-order valence-electron chi connectivity index (χ2n) is 5.03. The summed E-state index contributed by atoms with van der Waals surface area (Å²) in [7, 11) is 0. The lowest BCUT2D eigenvalue weighted by Gasteiger charge is -2.16. The predicted octanol–water partition coefficient (Wildman–Crippen LogP) is 1.88. The first-order valence-electron chi connectivity index (χ1n) is 6.53. The van der Waals surface area contributed by atoms with E-state index in [2.05, 4.69) is 5.32 Å². The lowest BCUT2D eigenvalue weighted by molar-refractivity contribution is -0.145. The van der Waals surface area contributed by atoms with Gasteiger partial charge in [-0.05, 0) is 31.0 Å². The summed E-state index contributed by atoms with van der Waals surface area (Å²) in [6.45, 7) is 0. The standard InChI is InChI=1S/C14H15ClN2O4/c15-11-6-7(4-5-10(11)12(16)18)17-13(19)8-2-1-3-9(8)14(20)21/h4-6,8-9H,1-3H2,(H2,16,18)(H,17,19)(H,20,21)/t8-,9+/m1/s1. The fourth-order valence-electron chi connectivity index (χ4n) is 2.60. The Kier molecular flexibility index (Phi) is 4.47. The Morgan fingerprint density at radius 1 is 1.24 bits per heavy atom. The van der Waals surface area contributed by atoms with Crippen LogP contribution in [0, 0.1) is 11.8 Å². The Hall–Kier alpha value is -2.08. The number of nitrogens with one attached hydrogen (secondary N) is 1. The maximum Gasteiger partial charge on any atom is 0.307 e. The number of halogens is 1. The number of rotatable bonds is 4. The maximum atomic E-state index is 12.2. The highest BCUT2D eigenvalue weighted by Crippen LogP contribution is 2.33. The highest BCUT2D eigenvalue weighted by atomic mass is 35.5. The van der Waals surface area contributed by atoms with Crippen LogP contribution in [0.2, 0.25) is 5.02 Å². The van der Waals surface area contributed by atoms with Gasteiger partial charge < -0.3 is 16.2 Å². The predicted molar refractivity (Wildman–Crippen MR) is 77.1 cm³/mol. The van der Waals surface area contributed by atoms with Crippen LogP contribution in [0.5, 0.6) is 0 Å². The normalized spacial score (nSPS) is 21.0. The molecule has 21 heavy (non-hydrogen) atoms. The van der Waals surface area contributed by atoms with E-state index in [1.54, 1.807) is 0 Å². The molecular weight excluding hydrogens is 296 g/mol. The zero-order valence-corrected chi connectivity index (χ0v) is 11.9. The van der Waals surface area contributed by atoms with E-state index in [1.807, 2.05) is 0 Å². The molecular formula is C14H15ClN2O4. The van der Waals surface area contributed by atoms with Gasteiger partial charge in [-0.15, -0.1) is 0 Å². The number of benzene rings is 1. The molecule has 1 saturated carbocycles. The van der Waals surface area contributed by atoms with Gasteiger partial charge in [0.2, 0.25) is 11.8 Å². The first kappa shape index (κ1) is 15.3. The number of anilines is 1. The number of hydrogen-bond acceptors (Lipinski definition) is 3. The fourth-order valence-corrected chi connectivity index (χ4v) is 2.87. The third-order valence-corrected chi connectivity index (χ3v) is 3.98. The Labute approximate surface area is 126 Å². The van der Waals surface area contributed by atoms with Crippen molar-refractivity contribution in [1.29, 1.82) is 0 Å². The van der Waals surface area contributed by atoms with Gasteiger partial charge in [0.1, 0.15) is 0 Å². The molecule has 0 spiro atoms. The van der Waals surface area contributed by atoms with Crippen molar-refractivity contribution in [2.24, 2.45) is 17.6 Å². The van der Waals surface area contributed by atoms with Crippen LogP contribution in [-0.4, -0.2) is 22.9 Å². The summed E-state index contributed by atoms with van der Waals surface area (Å²) in [6, 6.07) is 4.35. The molecule has 4 N–H and O–H groups in total. The first-order chi connectivity index (χ1) is 9.90. The highest BCUT2D eigenvalue weighted by molar-refractivity contribution is 6.34. The van der Waals surface area contributed by atoms with E-state index in [-0.39, 0.29) is 16.5 Å². The van der Waals surface area contributed by atoms with Crippen molar-refractivity contribution in [2.45, 2.75) is 19.3 Å². The first-order valence-corrected chi connectivity index (χ1v) is 6.91. The van der Waals surface area contributed by atoms with Crippen molar-refractivity contribution >= 4 is 35.1 Å². The van der Waals surface area contributed by atoms with Crippen LogP contribution in [0.1, 0.15) is 29.6 Å². The van der Waals surface area contributed by atoms with Crippen molar-refractivity contribution in [3.8, 4) is 0 Å². The molecule has 0 aromatic heterocycles. The number of carbonyl (C=O) groups excluding carboxylic acids is 2. The van der Waals surface area contributed by atoms with Gasteiger partial charge >= 0.3 is 5.97 Å².